The third-order valence-corrected chi connectivity index (χ3v) is 5.86. The van der Waals surface area contributed by atoms with Crippen LogP contribution >= 0.6 is 0 Å². The van der Waals surface area contributed by atoms with Crippen molar-refractivity contribution in [3.05, 3.63) is 95.2 Å². The van der Waals surface area contributed by atoms with Crippen LogP contribution in [0.1, 0.15) is 22.4 Å². The Labute approximate surface area is 196 Å². The Morgan fingerprint density at radius 2 is 1.62 bits per heavy atom. The minimum Gasteiger partial charge on any atom is -0.438 e. The SMILES string of the molecule is Cc1cc2onc(CC(=O)Nc3oc(-c4ccccc4)c(-c4ccccc4)c3C#N)c2cc1C. The number of anilines is 1. The van der Waals surface area contributed by atoms with Crippen LogP contribution in [0, 0.1) is 25.2 Å². The van der Waals surface area contributed by atoms with Crippen molar-refractivity contribution in [2.24, 2.45) is 0 Å². The van der Waals surface area contributed by atoms with Gasteiger partial charge in [0, 0.05) is 16.5 Å². The Kier molecular flexibility index (Phi) is 5.44. The monoisotopic (exact) mass is 447 g/mol. The van der Waals surface area contributed by atoms with Crippen molar-refractivity contribution in [1.29, 1.82) is 5.26 Å². The summed E-state index contributed by atoms with van der Waals surface area (Å²) in [6, 6.07) is 25.2. The lowest BCUT2D eigenvalue weighted by molar-refractivity contribution is -0.115. The van der Waals surface area contributed by atoms with Crippen LogP contribution in [0.15, 0.2) is 81.7 Å². The number of hydrogen-bond donors (Lipinski definition) is 1. The van der Waals surface area contributed by atoms with Crippen molar-refractivity contribution >= 4 is 22.8 Å². The van der Waals surface area contributed by atoms with Gasteiger partial charge in [0.25, 0.3) is 0 Å². The number of aromatic nitrogens is 1. The fourth-order valence-electron chi connectivity index (χ4n) is 3.99. The highest BCUT2D eigenvalue weighted by Gasteiger charge is 2.24. The van der Waals surface area contributed by atoms with Gasteiger partial charge in [-0.3, -0.25) is 10.1 Å². The predicted molar refractivity (Wildman–Crippen MR) is 130 cm³/mol. The zero-order chi connectivity index (χ0) is 23.7. The van der Waals surface area contributed by atoms with Crippen molar-refractivity contribution in [2.75, 3.05) is 5.32 Å². The van der Waals surface area contributed by atoms with Crippen LogP contribution in [-0.4, -0.2) is 11.1 Å². The first-order valence-electron chi connectivity index (χ1n) is 10.9. The molecular weight excluding hydrogens is 426 g/mol. The number of nitrogens with zero attached hydrogens (tertiary/aromatic N) is 2. The quantitative estimate of drug-likeness (QED) is 0.335. The molecule has 0 aliphatic heterocycles. The number of hydrogen-bond acceptors (Lipinski definition) is 5. The molecule has 3 aromatic carbocycles. The van der Waals surface area contributed by atoms with Gasteiger partial charge in [-0.05, 0) is 42.7 Å². The average Bonchev–Trinajstić information content (AvgIpc) is 3.41. The molecule has 0 fully saturated rings. The molecule has 6 nitrogen and oxygen atoms in total. The number of carbonyl (C=O) groups excluding carboxylic acids is 1. The lowest BCUT2D eigenvalue weighted by Gasteiger charge is -2.03. The first-order valence-corrected chi connectivity index (χ1v) is 10.9. The maximum atomic E-state index is 13.0. The largest absolute Gasteiger partial charge is 0.438 e. The van der Waals surface area contributed by atoms with Crippen LogP contribution in [0.5, 0.6) is 0 Å². The molecule has 0 bridgehead atoms. The number of benzene rings is 3. The van der Waals surface area contributed by atoms with Crippen LogP contribution < -0.4 is 5.32 Å². The summed E-state index contributed by atoms with van der Waals surface area (Å²) in [4.78, 5) is 13.0. The first-order chi connectivity index (χ1) is 16.5. The van der Waals surface area contributed by atoms with Gasteiger partial charge in [-0.1, -0.05) is 65.8 Å². The molecule has 0 saturated heterocycles. The fourth-order valence-corrected chi connectivity index (χ4v) is 3.99. The standard InChI is InChI=1S/C28H21N3O3/c1-17-13-21-23(31-34-24(21)14-18(17)2)15-25(32)30-28-22(16-29)26(19-9-5-3-6-10-19)27(33-28)20-11-7-4-8-12-20/h3-14H,15H2,1-2H3,(H,30,32). The molecule has 0 radical (unpaired) electrons. The van der Waals surface area contributed by atoms with Gasteiger partial charge >= 0.3 is 0 Å². The number of rotatable bonds is 5. The molecule has 2 aromatic heterocycles. The molecule has 5 aromatic rings. The maximum Gasteiger partial charge on any atom is 0.232 e. The summed E-state index contributed by atoms with van der Waals surface area (Å²) < 4.78 is 11.5. The highest BCUT2D eigenvalue weighted by atomic mass is 16.5. The van der Waals surface area contributed by atoms with Crippen molar-refractivity contribution in [1.82, 2.24) is 5.16 Å². The van der Waals surface area contributed by atoms with Crippen LogP contribution in [0.4, 0.5) is 5.88 Å². The minimum atomic E-state index is -0.349. The van der Waals surface area contributed by atoms with E-state index in [1.54, 1.807) is 0 Å². The van der Waals surface area contributed by atoms with E-state index in [1.165, 1.54) is 0 Å². The summed E-state index contributed by atoms with van der Waals surface area (Å²) in [5.74, 6) is 0.291. The number of amides is 1. The zero-order valence-corrected chi connectivity index (χ0v) is 18.8. The van der Waals surface area contributed by atoms with Crippen LogP contribution in [-0.2, 0) is 11.2 Å². The predicted octanol–water partition coefficient (Wildman–Crippen LogP) is 6.42. The van der Waals surface area contributed by atoms with Gasteiger partial charge in [0.1, 0.15) is 23.1 Å². The summed E-state index contributed by atoms with van der Waals surface area (Å²) in [6.07, 6.45) is -0.0115. The van der Waals surface area contributed by atoms with Crippen LogP contribution in [0.2, 0.25) is 0 Å². The molecule has 0 unspecified atom stereocenters. The molecule has 0 aliphatic rings. The summed E-state index contributed by atoms with van der Waals surface area (Å²) in [7, 11) is 0. The van der Waals surface area contributed by atoms with E-state index in [0.717, 1.165) is 27.6 Å². The van der Waals surface area contributed by atoms with Crippen molar-refractivity contribution in [3.8, 4) is 28.5 Å². The average molecular weight is 447 g/mol. The number of aryl methyl sites for hydroxylation is 2. The number of nitrogens with one attached hydrogen (secondary N) is 1. The molecule has 166 valence electrons. The van der Waals surface area contributed by atoms with E-state index in [4.69, 9.17) is 8.94 Å². The van der Waals surface area contributed by atoms with Gasteiger partial charge in [0.2, 0.25) is 11.8 Å². The number of nitriles is 1. The molecular formula is C28H21N3O3. The highest BCUT2D eigenvalue weighted by Crippen LogP contribution is 2.41. The van der Waals surface area contributed by atoms with Crippen molar-refractivity contribution < 1.29 is 13.7 Å². The van der Waals surface area contributed by atoms with E-state index in [-0.39, 0.29) is 23.8 Å². The van der Waals surface area contributed by atoms with Gasteiger partial charge in [-0.2, -0.15) is 5.26 Å². The van der Waals surface area contributed by atoms with Gasteiger partial charge in [-0.15, -0.1) is 0 Å². The normalized spacial score (nSPS) is 10.9. The lowest BCUT2D eigenvalue weighted by Crippen LogP contribution is -2.15. The molecule has 0 aliphatic carbocycles. The molecule has 0 saturated carbocycles. The topological polar surface area (TPSA) is 92.1 Å². The number of furan rings is 1. The van der Waals surface area contributed by atoms with Gasteiger partial charge in [0.05, 0.1) is 6.42 Å². The zero-order valence-electron chi connectivity index (χ0n) is 18.8. The highest BCUT2D eigenvalue weighted by molar-refractivity contribution is 5.98. The van der Waals surface area contributed by atoms with E-state index in [0.29, 0.717) is 22.6 Å². The first kappa shape index (κ1) is 21.2. The molecule has 34 heavy (non-hydrogen) atoms. The summed E-state index contributed by atoms with van der Waals surface area (Å²) in [5.41, 5.74) is 5.91. The number of carbonyl (C=O) groups is 1. The van der Waals surface area contributed by atoms with Crippen molar-refractivity contribution in [3.63, 3.8) is 0 Å². The Hall–Kier alpha value is -4.63. The summed E-state index contributed by atoms with van der Waals surface area (Å²) in [6.45, 7) is 4.00. The van der Waals surface area contributed by atoms with E-state index in [2.05, 4.69) is 16.5 Å². The van der Waals surface area contributed by atoms with Gasteiger partial charge < -0.3 is 8.94 Å². The molecule has 2 heterocycles. The summed E-state index contributed by atoms with van der Waals surface area (Å²) >= 11 is 0. The maximum absolute atomic E-state index is 13.0. The van der Waals surface area contributed by atoms with Crippen LogP contribution in [0.25, 0.3) is 33.4 Å². The third kappa shape index (κ3) is 3.84. The van der Waals surface area contributed by atoms with E-state index >= 15 is 0 Å². The van der Waals surface area contributed by atoms with E-state index in [1.807, 2.05) is 86.6 Å². The fraction of sp³-hybridized carbons (Fsp3) is 0.107. The van der Waals surface area contributed by atoms with Gasteiger partial charge in [-0.25, -0.2) is 0 Å². The molecule has 6 heteroatoms. The van der Waals surface area contributed by atoms with Gasteiger partial charge in [0.15, 0.2) is 5.58 Å². The Morgan fingerprint density at radius 1 is 0.971 bits per heavy atom. The van der Waals surface area contributed by atoms with E-state index < -0.39 is 0 Å². The Morgan fingerprint density at radius 3 is 2.29 bits per heavy atom. The Bertz CT molecular complexity index is 1540. The second-order valence-electron chi connectivity index (χ2n) is 8.14. The molecule has 1 N–H and O–H groups in total. The molecule has 5 rings (SSSR count). The number of fused-ring (bicyclic) bond motifs is 1. The van der Waals surface area contributed by atoms with Crippen molar-refractivity contribution in [2.45, 2.75) is 20.3 Å². The molecule has 0 atom stereocenters. The van der Waals surface area contributed by atoms with E-state index in [9.17, 15) is 10.1 Å². The minimum absolute atomic E-state index is 0.0115. The Balaban J connectivity index is 1.52. The third-order valence-electron chi connectivity index (χ3n) is 5.86. The van der Waals surface area contributed by atoms with Crippen LogP contribution in [0.3, 0.4) is 0 Å². The second kappa shape index (κ2) is 8.72. The summed E-state index contributed by atoms with van der Waals surface area (Å²) in [5, 5.41) is 17.7. The molecule has 0 spiro atoms. The second-order valence-corrected chi connectivity index (χ2v) is 8.14. The smallest absolute Gasteiger partial charge is 0.232 e. The lowest BCUT2D eigenvalue weighted by atomic mass is 9.98. The molecule has 1 amide bonds.